The molecule has 0 amide bonds. The molecule has 0 fully saturated rings. The smallest absolute Gasteiger partial charge is 0.0991 e. The van der Waals surface area contributed by atoms with Gasteiger partial charge in [-0.2, -0.15) is 5.26 Å². The van der Waals surface area contributed by atoms with E-state index in [-0.39, 0.29) is 0 Å². The minimum Gasteiger partial charge on any atom is -0.192 e. The lowest BCUT2D eigenvalue weighted by Gasteiger charge is -2.08. The highest BCUT2D eigenvalue weighted by Crippen LogP contribution is 2.25. The van der Waals surface area contributed by atoms with Gasteiger partial charge in [0.2, 0.25) is 0 Å². The van der Waals surface area contributed by atoms with E-state index in [1.165, 1.54) is 16.7 Å². The van der Waals surface area contributed by atoms with Gasteiger partial charge in [-0.1, -0.05) is 37.3 Å². The maximum Gasteiger partial charge on any atom is 0.0991 e. The molecule has 0 aromatic heterocycles. The molecule has 0 aliphatic heterocycles. The third kappa shape index (κ3) is 2.37. The van der Waals surface area contributed by atoms with E-state index in [0.717, 1.165) is 12.0 Å². The fraction of sp³-hybridized carbons (Fsp3) is 0.188. The topological polar surface area (TPSA) is 23.8 Å². The molecule has 0 atom stereocenters. The predicted octanol–water partition coefficient (Wildman–Crippen LogP) is 4.10. The first-order chi connectivity index (χ1) is 8.24. The molecule has 0 saturated heterocycles. The molecule has 2 aromatic rings. The highest BCUT2D eigenvalue weighted by atomic mass is 14.2. The molecule has 1 nitrogen and oxygen atoms in total. The van der Waals surface area contributed by atoms with Crippen molar-refractivity contribution in [3.63, 3.8) is 0 Å². The van der Waals surface area contributed by atoms with Crippen molar-refractivity contribution in [2.24, 2.45) is 0 Å². The Hall–Kier alpha value is -2.07. The van der Waals surface area contributed by atoms with E-state index in [1.807, 2.05) is 18.2 Å². The van der Waals surface area contributed by atoms with Gasteiger partial charge in [0.15, 0.2) is 0 Å². The molecule has 0 aliphatic carbocycles. The summed E-state index contributed by atoms with van der Waals surface area (Å²) in [5, 5.41) is 8.93. The molecule has 2 aromatic carbocycles. The lowest BCUT2D eigenvalue weighted by atomic mass is 9.96. The summed E-state index contributed by atoms with van der Waals surface area (Å²) in [4.78, 5) is 0. The van der Waals surface area contributed by atoms with Crippen LogP contribution in [0.4, 0.5) is 0 Å². The molecule has 2 rings (SSSR count). The molecule has 0 saturated carbocycles. The molecule has 0 N–H and O–H groups in total. The van der Waals surface area contributed by atoms with Gasteiger partial charge in [-0.05, 0) is 47.7 Å². The van der Waals surface area contributed by atoms with E-state index in [0.29, 0.717) is 5.56 Å². The maximum atomic E-state index is 8.93. The molecule has 0 heterocycles. The van der Waals surface area contributed by atoms with E-state index in [1.54, 1.807) is 0 Å². The number of nitriles is 1. The Bertz CT molecular complexity index is 576. The molecule has 0 bridgehead atoms. The van der Waals surface area contributed by atoms with Crippen LogP contribution in [0.25, 0.3) is 11.1 Å². The van der Waals surface area contributed by atoms with E-state index >= 15 is 0 Å². The van der Waals surface area contributed by atoms with Crippen LogP contribution in [0.1, 0.15) is 23.6 Å². The molecule has 1 heteroatoms. The zero-order valence-electron chi connectivity index (χ0n) is 10.2. The van der Waals surface area contributed by atoms with Gasteiger partial charge in [0, 0.05) is 0 Å². The highest BCUT2D eigenvalue weighted by Gasteiger charge is 2.03. The average molecular weight is 221 g/mol. The monoisotopic (exact) mass is 221 g/mol. The number of nitrogens with zero attached hydrogens (tertiary/aromatic N) is 1. The van der Waals surface area contributed by atoms with Crippen LogP contribution in [-0.2, 0) is 6.42 Å². The molecule has 0 radical (unpaired) electrons. The fourth-order valence-corrected chi connectivity index (χ4v) is 1.96. The van der Waals surface area contributed by atoms with E-state index < -0.39 is 0 Å². The zero-order valence-corrected chi connectivity index (χ0v) is 10.2. The highest BCUT2D eigenvalue weighted by molar-refractivity contribution is 5.69. The van der Waals surface area contributed by atoms with Crippen molar-refractivity contribution in [1.82, 2.24) is 0 Å². The third-order valence-corrected chi connectivity index (χ3v) is 3.01. The van der Waals surface area contributed by atoms with Crippen molar-refractivity contribution in [1.29, 1.82) is 5.26 Å². The second-order valence-electron chi connectivity index (χ2n) is 4.20. The summed E-state index contributed by atoms with van der Waals surface area (Å²) in [6, 6.07) is 16.5. The summed E-state index contributed by atoms with van der Waals surface area (Å²) in [6.07, 6.45) is 1.03. The van der Waals surface area contributed by atoms with Crippen molar-refractivity contribution in [2.45, 2.75) is 20.3 Å². The summed E-state index contributed by atoms with van der Waals surface area (Å²) >= 11 is 0. The maximum absolute atomic E-state index is 8.93. The van der Waals surface area contributed by atoms with Crippen LogP contribution in [0.15, 0.2) is 42.5 Å². The Morgan fingerprint density at radius 2 is 1.94 bits per heavy atom. The number of hydrogen-bond donors (Lipinski definition) is 0. The van der Waals surface area contributed by atoms with Crippen molar-refractivity contribution < 1.29 is 0 Å². The molecular weight excluding hydrogens is 206 g/mol. The van der Waals surface area contributed by atoms with Crippen LogP contribution in [-0.4, -0.2) is 0 Å². The number of hydrogen-bond acceptors (Lipinski definition) is 1. The first-order valence-corrected chi connectivity index (χ1v) is 5.84. The van der Waals surface area contributed by atoms with Crippen LogP contribution in [0.2, 0.25) is 0 Å². The van der Waals surface area contributed by atoms with Gasteiger partial charge in [-0.15, -0.1) is 0 Å². The predicted molar refractivity (Wildman–Crippen MR) is 70.7 cm³/mol. The number of rotatable bonds is 2. The van der Waals surface area contributed by atoms with Gasteiger partial charge >= 0.3 is 0 Å². The standard InChI is InChI=1S/C16H15N/c1-3-13-8-7-12(2)16(10-13)15-6-4-5-14(9-15)11-17/h4-10H,3H2,1-2H3. The van der Waals surface area contributed by atoms with Gasteiger partial charge in [-0.25, -0.2) is 0 Å². The summed E-state index contributed by atoms with van der Waals surface area (Å²) in [6.45, 7) is 4.26. The normalized spacial score (nSPS) is 9.94. The van der Waals surface area contributed by atoms with Crippen LogP contribution in [0.5, 0.6) is 0 Å². The van der Waals surface area contributed by atoms with E-state index in [9.17, 15) is 0 Å². The summed E-state index contributed by atoms with van der Waals surface area (Å²) in [5.41, 5.74) is 5.63. The lowest BCUT2D eigenvalue weighted by Crippen LogP contribution is -1.88. The molecule has 0 aliphatic rings. The number of aryl methyl sites for hydroxylation is 2. The lowest BCUT2D eigenvalue weighted by molar-refractivity contribution is 1.14. The third-order valence-electron chi connectivity index (χ3n) is 3.01. The van der Waals surface area contributed by atoms with Crippen molar-refractivity contribution in [3.05, 3.63) is 59.2 Å². The Labute approximate surface area is 102 Å². The van der Waals surface area contributed by atoms with Gasteiger partial charge in [0.1, 0.15) is 0 Å². The molecule has 0 spiro atoms. The SMILES string of the molecule is CCc1ccc(C)c(-c2cccc(C#N)c2)c1. The largest absolute Gasteiger partial charge is 0.192 e. The first-order valence-electron chi connectivity index (χ1n) is 5.84. The average Bonchev–Trinajstić information content (AvgIpc) is 2.39. The van der Waals surface area contributed by atoms with Crippen LogP contribution >= 0.6 is 0 Å². The van der Waals surface area contributed by atoms with Crippen molar-refractivity contribution >= 4 is 0 Å². The minimum absolute atomic E-state index is 0.712. The minimum atomic E-state index is 0.712. The van der Waals surface area contributed by atoms with Gasteiger partial charge < -0.3 is 0 Å². The quantitative estimate of drug-likeness (QED) is 0.749. The second kappa shape index (κ2) is 4.84. The Balaban J connectivity index is 2.55. The van der Waals surface area contributed by atoms with Gasteiger partial charge in [-0.3, -0.25) is 0 Å². The molecule has 17 heavy (non-hydrogen) atoms. The number of benzene rings is 2. The fourth-order valence-electron chi connectivity index (χ4n) is 1.96. The Kier molecular flexibility index (Phi) is 3.25. The molecular formula is C16H15N. The van der Waals surface area contributed by atoms with E-state index in [2.05, 4.69) is 44.2 Å². The van der Waals surface area contributed by atoms with Crippen LogP contribution in [0, 0.1) is 18.3 Å². The first kappa shape index (κ1) is 11.4. The van der Waals surface area contributed by atoms with Crippen LogP contribution < -0.4 is 0 Å². The van der Waals surface area contributed by atoms with Crippen molar-refractivity contribution in [3.8, 4) is 17.2 Å². The van der Waals surface area contributed by atoms with Crippen molar-refractivity contribution in [2.75, 3.05) is 0 Å². The summed E-state index contributed by atoms with van der Waals surface area (Å²) in [7, 11) is 0. The molecule has 84 valence electrons. The summed E-state index contributed by atoms with van der Waals surface area (Å²) < 4.78 is 0. The Morgan fingerprint density at radius 1 is 1.12 bits per heavy atom. The van der Waals surface area contributed by atoms with Crippen LogP contribution in [0.3, 0.4) is 0 Å². The molecule has 0 unspecified atom stereocenters. The van der Waals surface area contributed by atoms with E-state index in [4.69, 9.17) is 5.26 Å². The zero-order chi connectivity index (χ0) is 12.3. The second-order valence-corrected chi connectivity index (χ2v) is 4.20. The Morgan fingerprint density at radius 3 is 2.65 bits per heavy atom. The van der Waals surface area contributed by atoms with Gasteiger partial charge in [0.25, 0.3) is 0 Å². The summed E-state index contributed by atoms with van der Waals surface area (Å²) in [5.74, 6) is 0. The van der Waals surface area contributed by atoms with Gasteiger partial charge in [0.05, 0.1) is 11.6 Å².